The van der Waals surface area contributed by atoms with E-state index in [0.29, 0.717) is 29.9 Å². The fraction of sp³-hybridized carbons (Fsp3) is 0.393. The summed E-state index contributed by atoms with van der Waals surface area (Å²) < 4.78 is 13.4. The van der Waals surface area contributed by atoms with Gasteiger partial charge in [0.05, 0.1) is 18.8 Å². The molecule has 0 fully saturated rings. The number of carbonyl (C=O) groups excluding carboxylic acids is 1. The van der Waals surface area contributed by atoms with Crippen LogP contribution in [0.5, 0.6) is 5.75 Å². The Morgan fingerprint density at radius 1 is 1.06 bits per heavy atom. The lowest BCUT2D eigenvalue weighted by Crippen LogP contribution is -2.29. The molecule has 0 spiro atoms. The molecule has 7 nitrogen and oxygen atoms in total. The number of hydrogen-bond acceptors (Lipinski definition) is 7. The number of anilines is 1. The van der Waals surface area contributed by atoms with Crippen molar-refractivity contribution in [1.29, 1.82) is 0 Å². The van der Waals surface area contributed by atoms with Crippen molar-refractivity contribution in [2.24, 2.45) is 0 Å². The van der Waals surface area contributed by atoms with Crippen LogP contribution < -0.4 is 10.1 Å². The Balaban J connectivity index is 1.56. The van der Waals surface area contributed by atoms with Crippen molar-refractivity contribution >= 4 is 23.7 Å². The third-order valence-electron chi connectivity index (χ3n) is 5.92. The molecule has 36 heavy (non-hydrogen) atoms. The van der Waals surface area contributed by atoms with Gasteiger partial charge < -0.3 is 14.8 Å². The van der Waals surface area contributed by atoms with Gasteiger partial charge in [-0.1, -0.05) is 74.5 Å². The maximum atomic E-state index is 13.2. The summed E-state index contributed by atoms with van der Waals surface area (Å²) in [7, 11) is 0. The van der Waals surface area contributed by atoms with Crippen molar-refractivity contribution in [3.05, 3.63) is 77.0 Å². The van der Waals surface area contributed by atoms with E-state index >= 15 is 0 Å². The molecule has 1 aromatic heterocycles. The Labute approximate surface area is 217 Å². The lowest BCUT2D eigenvalue weighted by molar-refractivity contribution is -0.139. The van der Waals surface area contributed by atoms with E-state index in [-0.39, 0.29) is 5.97 Å². The number of thioether (sulfide) groups is 1. The molecule has 2 aromatic carbocycles. The van der Waals surface area contributed by atoms with Gasteiger partial charge in [0.2, 0.25) is 11.1 Å². The van der Waals surface area contributed by atoms with Crippen LogP contribution in [0.4, 0.5) is 5.95 Å². The molecular formula is C28H34N4O3S. The summed E-state index contributed by atoms with van der Waals surface area (Å²) in [5.74, 6) is 2.02. The number of carbonyl (C=O) groups is 1. The molecule has 8 heteroatoms. The average Bonchev–Trinajstić information content (AvgIpc) is 3.30. The highest BCUT2D eigenvalue weighted by Crippen LogP contribution is 2.37. The van der Waals surface area contributed by atoms with Gasteiger partial charge >= 0.3 is 5.97 Å². The van der Waals surface area contributed by atoms with E-state index in [1.54, 1.807) is 16.4 Å². The number of unbranched alkanes of at least 4 members (excludes halogenated alkanes) is 1. The van der Waals surface area contributed by atoms with Gasteiger partial charge in [0.1, 0.15) is 11.8 Å². The summed E-state index contributed by atoms with van der Waals surface area (Å²) in [6.45, 7) is 7.08. The van der Waals surface area contributed by atoms with E-state index in [9.17, 15) is 4.79 Å². The molecule has 0 saturated carbocycles. The third-order valence-corrected chi connectivity index (χ3v) is 6.96. The van der Waals surface area contributed by atoms with Crippen LogP contribution >= 0.6 is 11.8 Å². The Hall–Kier alpha value is -3.26. The van der Waals surface area contributed by atoms with Gasteiger partial charge in [-0.3, -0.25) is 0 Å². The number of rotatable bonds is 12. The Morgan fingerprint density at radius 3 is 2.56 bits per heavy atom. The van der Waals surface area contributed by atoms with E-state index in [2.05, 4.69) is 36.3 Å². The number of hydrogen-bond donors (Lipinski definition) is 1. The first-order chi connectivity index (χ1) is 17.6. The zero-order chi connectivity index (χ0) is 25.3. The molecule has 0 aliphatic carbocycles. The number of benzene rings is 2. The van der Waals surface area contributed by atoms with Gasteiger partial charge in [0, 0.05) is 17.9 Å². The number of ether oxygens (including phenoxy) is 2. The zero-order valence-electron chi connectivity index (χ0n) is 21.2. The SMILES string of the molecule is CCCCOC(=O)C1=C(C)Nc2nc(SCCC)nn2C1c1ccc(OCCc2ccccc2)cc1. The van der Waals surface area contributed by atoms with E-state index < -0.39 is 6.04 Å². The normalized spacial score (nSPS) is 14.8. The fourth-order valence-electron chi connectivity index (χ4n) is 4.02. The Kier molecular flexibility index (Phi) is 9.06. The first kappa shape index (κ1) is 25.8. The van der Waals surface area contributed by atoms with Crippen molar-refractivity contribution in [3.8, 4) is 5.75 Å². The van der Waals surface area contributed by atoms with E-state index in [1.807, 2.05) is 49.4 Å². The standard InChI is InChI=1S/C28H34N4O3S/c1-4-6-17-35-26(33)24-20(3)29-27-30-28(36-19-5-2)31-32(27)25(24)22-12-14-23(15-13-22)34-18-16-21-10-8-7-9-11-21/h7-15,25H,4-6,16-19H2,1-3H3,(H,29,30,31). The number of allylic oxidation sites excluding steroid dienone is 1. The van der Waals surface area contributed by atoms with Gasteiger partial charge in [-0.2, -0.15) is 4.98 Å². The highest BCUT2D eigenvalue weighted by Gasteiger charge is 2.35. The second-order valence-corrected chi connectivity index (χ2v) is 9.78. The molecular weight excluding hydrogens is 472 g/mol. The van der Waals surface area contributed by atoms with Crippen molar-refractivity contribution in [3.63, 3.8) is 0 Å². The first-order valence-corrected chi connectivity index (χ1v) is 13.6. The minimum Gasteiger partial charge on any atom is -0.493 e. The van der Waals surface area contributed by atoms with E-state index in [4.69, 9.17) is 14.6 Å². The molecule has 0 saturated heterocycles. The van der Waals surface area contributed by atoms with E-state index in [1.165, 1.54) is 5.56 Å². The summed E-state index contributed by atoms with van der Waals surface area (Å²) in [5, 5.41) is 8.70. The second-order valence-electron chi connectivity index (χ2n) is 8.72. The van der Waals surface area contributed by atoms with Crippen molar-refractivity contribution in [2.75, 3.05) is 24.3 Å². The number of nitrogens with zero attached hydrogens (tertiary/aromatic N) is 3. The molecule has 3 aromatic rings. The topological polar surface area (TPSA) is 78.3 Å². The molecule has 1 unspecified atom stereocenters. The molecule has 1 atom stereocenters. The van der Waals surface area contributed by atoms with Crippen LogP contribution in [0, 0.1) is 0 Å². The molecule has 1 aliphatic heterocycles. The average molecular weight is 507 g/mol. The summed E-state index contributed by atoms with van der Waals surface area (Å²) in [6.07, 6.45) is 3.66. The maximum Gasteiger partial charge on any atom is 0.338 e. The molecule has 0 amide bonds. The second kappa shape index (κ2) is 12.6. The molecule has 0 bridgehead atoms. The Morgan fingerprint density at radius 2 is 1.83 bits per heavy atom. The van der Waals surface area contributed by atoms with Crippen LogP contribution in [0.1, 0.15) is 57.2 Å². The van der Waals surface area contributed by atoms with Crippen LogP contribution in [0.2, 0.25) is 0 Å². The molecule has 0 radical (unpaired) electrons. The van der Waals surface area contributed by atoms with Crippen LogP contribution in [0.3, 0.4) is 0 Å². The minimum atomic E-state index is -0.433. The minimum absolute atomic E-state index is 0.328. The van der Waals surface area contributed by atoms with Crippen LogP contribution in [-0.4, -0.2) is 39.7 Å². The number of fused-ring (bicyclic) bond motifs is 1. The summed E-state index contributed by atoms with van der Waals surface area (Å²) >= 11 is 1.61. The monoisotopic (exact) mass is 506 g/mol. The third kappa shape index (κ3) is 6.29. The van der Waals surface area contributed by atoms with Crippen molar-refractivity contribution in [2.45, 2.75) is 57.7 Å². The van der Waals surface area contributed by atoms with Gasteiger partial charge in [0.25, 0.3) is 0 Å². The van der Waals surface area contributed by atoms with Gasteiger partial charge in [-0.25, -0.2) is 9.48 Å². The van der Waals surface area contributed by atoms with Crippen LogP contribution in [0.15, 0.2) is 71.0 Å². The number of nitrogens with one attached hydrogen (secondary N) is 1. The maximum absolute atomic E-state index is 13.2. The van der Waals surface area contributed by atoms with Crippen LogP contribution in [0.25, 0.3) is 0 Å². The summed E-state index contributed by atoms with van der Waals surface area (Å²) in [4.78, 5) is 17.9. The molecule has 1 aliphatic rings. The number of aromatic nitrogens is 3. The van der Waals surface area contributed by atoms with Crippen LogP contribution in [-0.2, 0) is 16.0 Å². The predicted octanol–water partition coefficient (Wildman–Crippen LogP) is 6.03. The van der Waals surface area contributed by atoms with Gasteiger partial charge in [-0.15, -0.1) is 5.10 Å². The summed E-state index contributed by atoms with van der Waals surface area (Å²) in [5.41, 5.74) is 3.45. The largest absolute Gasteiger partial charge is 0.493 e. The van der Waals surface area contributed by atoms with Crippen molar-refractivity contribution < 1.29 is 14.3 Å². The highest BCUT2D eigenvalue weighted by molar-refractivity contribution is 7.99. The molecule has 2 heterocycles. The van der Waals surface area contributed by atoms with E-state index in [0.717, 1.165) is 48.4 Å². The first-order valence-electron chi connectivity index (χ1n) is 12.6. The Bertz CT molecular complexity index is 1180. The molecule has 190 valence electrons. The highest BCUT2D eigenvalue weighted by atomic mass is 32.2. The molecule has 4 rings (SSSR count). The summed E-state index contributed by atoms with van der Waals surface area (Å²) in [6, 6.07) is 17.7. The van der Waals surface area contributed by atoms with Crippen molar-refractivity contribution in [1.82, 2.24) is 14.8 Å². The lowest BCUT2D eigenvalue weighted by atomic mass is 9.96. The van der Waals surface area contributed by atoms with Gasteiger partial charge in [-0.05, 0) is 43.0 Å². The zero-order valence-corrected chi connectivity index (χ0v) is 22.0. The quantitative estimate of drug-likeness (QED) is 0.182. The lowest BCUT2D eigenvalue weighted by Gasteiger charge is -2.28. The fourth-order valence-corrected chi connectivity index (χ4v) is 4.71. The predicted molar refractivity (Wildman–Crippen MR) is 143 cm³/mol. The van der Waals surface area contributed by atoms with Gasteiger partial charge in [0.15, 0.2) is 0 Å². The molecule has 1 N–H and O–H groups in total. The smallest absolute Gasteiger partial charge is 0.338 e. The number of esters is 1.